The first kappa shape index (κ1) is 13.1. The summed E-state index contributed by atoms with van der Waals surface area (Å²) in [6, 6.07) is 8.63. The molecule has 0 spiro atoms. The highest BCUT2D eigenvalue weighted by atomic mass is 16.5. The maximum Gasteiger partial charge on any atom is 0.262 e. The first-order chi connectivity index (χ1) is 10.2. The zero-order chi connectivity index (χ0) is 14.7. The predicted octanol–water partition coefficient (Wildman–Crippen LogP) is 1.34. The summed E-state index contributed by atoms with van der Waals surface area (Å²) in [4.78, 5) is 27.3. The number of hydrogen-bond acceptors (Lipinski definition) is 4. The van der Waals surface area contributed by atoms with Crippen molar-refractivity contribution in [2.24, 2.45) is 0 Å². The van der Waals surface area contributed by atoms with Gasteiger partial charge in [0.2, 0.25) is 0 Å². The second-order valence-electron chi connectivity index (χ2n) is 4.59. The van der Waals surface area contributed by atoms with Crippen molar-refractivity contribution in [2.45, 2.75) is 6.54 Å². The molecule has 0 saturated heterocycles. The molecule has 2 amide bonds. The number of hydrogen-bond donors (Lipinski definition) is 2. The Morgan fingerprint density at radius 3 is 3.10 bits per heavy atom. The van der Waals surface area contributed by atoms with Crippen LogP contribution in [0.25, 0.3) is 0 Å². The monoisotopic (exact) mass is 283 g/mol. The Bertz CT molecular complexity index is 686. The van der Waals surface area contributed by atoms with E-state index in [1.807, 2.05) is 12.1 Å². The van der Waals surface area contributed by atoms with Crippen molar-refractivity contribution in [1.29, 1.82) is 0 Å². The molecular formula is C15H13N3O3. The van der Waals surface area contributed by atoms with Crippen LogP contribution in [-0.4, -0.2) is 23.4 Å². The van der Waals surface area contributed by atoms with Gasteiger partial charge in [0.05, 0.1) is 5.69 Å². The van der Waals surface area contributed by atoms with Gasteiger partial charge in [0.25, 0.3) is 11.8 Å². The average molecular weight is 283 g/mol. The van der Waals surface area contributed by atoms with Crippen molar-refractivity contribution in [2.75, 3.05) is 11.9 Å². The number of amides is 2. The number of benzene rings is 1. The molecule has 2 heterocycles. The van der Waals surface area contributed by atoms with Gasteiger partial charge in [0.15, 0.2) is 6.61 Å². The first-order valence-corrected chi connectivity index (χ1v) is 6.46. The molecule has 1 aliphatic rings. The van der Waals surface area contributed by atoms with E-state index in [2.05, 4.69) is 15.6 Å². The van der Waals surface area contributed by atoms with Gasteiger partial charge in [-0.2, -0.15) is 0 Å². The van der Waals surface area contributed by atoms with E-state index in [1.165, 1.54) is 0 Å². The van der Waals surface area contributed by atoms with Gasteiger partial charge < -0.3 is 15.4 Å². The van der Waals surface area contributed by atoms with Crippen molar-refractivity contribution in [1.82, 2.24) is 10.3 Å². The highest BCUT2D eigenvalue weighted by Crippen LogP contribution is 2.28. The number of aromatic nitrogens is 1. The Labute approximate surface area is 121 Å². The summed E-state index contributed by atoms with van der Waals surface area (Å²) in [6.07, 6.45) is 3.38. The maximum atomic E-state index is 12.1. The number of nitrogens with zero attached hydrogens (tertiary/aromatic N) is 1. The van der Waals surface area contributed by atoms with Crippen LogP contribution in [0.2, 0.25) is 0 Å². The maximum absolute atomic E-state index is 12.1. The molecule has 0 unspecified atom stereocenters. The molecule has 6 heteroatoms. The number of ether oxygens (including phenoxy) is 1. The van der Waals surface area contributed by atoms with E-state index in [0.717, 1.165) is 5.56 Å². The van der Waals surface area contributed by atoms with Crippen LogP contribution in [0.3, 0.4) is 0 Å². The van der Waals surface area contributed by atoms with Crippen molar-refractivity contribution < 1.29 is 14.3 Å². The SMILES string of the molecule is O=C1COc2cc(C(=O)NCc3cccnc3)ccc2N1. The average Bonchev–Trinajstić information content (AvgIpc) is 2.53. The second kappa shape index (κ2) is 5.62. The summed E-state index contributed by atoms with van der Waals surface area (Å²) in [7, 11) is 0. The van der Waals surface area contributed by atoms with Crippen molar-refractivity contribution in [3.05, 3.63) is 53.9 Å². The molecule has 0 aliphatic carbocycles. The number of nitrogens with one attached hydrogen (secondary N) is 2. The second-order valence-corrected chi connectivity index (χ2v) is 4.59. The molecule has 0 saturated carbocycles. The van der Waals surface area contributed by atoms with Crippen LogP contribution in [0.15, 0.2) is 42.7 Å². The minimum Gasteiger partial charge on any atom is -0.482 e. The Morgan fingerprint density at radius 1 is 1.38 bits per heavy atom. The molecule has 6 nitrogen and oxygen atoms in total. The van der Waals surface area contributed by atoms with Crippen LogP contribution in [0.4, 0.5) is 5.69 Å². The van der Waals surface area contributed by atoms with Crippen LogP contribution >= 0.6 is 0 Å². The number of carbonyl (C=O) groups is 2. The summed E-state index contributed by atoms with van der Waals surface area (Å²) < 4.78 is 5.29. The number of carbonyl (C=O) groups excluding carboxylic acids is 2. The highest BCUT2D eigenvalue weighted by Gasteiger charge is 2.17. The molecule has 1 aromatic heterocycles. The molecule has 1 aromatic carbocycles. The van der Waals surface area contributed by atoms with Gasteiger partial charge in [-0.05, 0) is 29.8 Å². The minimum atomic E-state index is -0.206. The van der Waals surface area contributed by atoms with Crippen LogP contribution in [0.5, 0.6) is 5.75 Å². The molecular weight excluding hydrogens is 270 g/mol. The lowest BCUT2D eigenvalue weighted by Gasteiger charge is -2.18. The van der Waals surface area contributed by atoms with Crippen LogP contribution < -0.4 is 15.4 Å². The van der Waals surface area contributed by atoms with E-state index in [4.69, 9.17) is 4.74 Å². The third-order valence-electron chi connectivity index (χ3n) is 3.05. The number of anilines is 1. The minimum absolute atomic E-state index is 0.0340. The van der Waals surface area contributed by atoms with E-state index in [1.54, 1.807) is 30.6 Å². The predicted molar refractivity (Wildman–Crippen MR) is 76.0 cm³/mol. The number of pyridine rings is 1. The van der Waals surface area contributed by atoms with Crippen molar-refractivity contribution in [3.63, 3.8) is 0 Å². The first-order valence-electron chi connectivity index (χ1n) is 6.46. The topological polar surface area (TPSA) is 80.3 Å². The van der Waals surface area contributed by atoms with Crippen molar-refractivity contribution >= 4 is 17.5 Å². The van der Waals surface area contributed by atoms with Crippen LogP contribution in [0, 0.1) is 0 Å². The Hall–Kier alpha value is -2.89. The third-order valence-corrected chi connectivity index (χ3v) is 3.05. The lowest BCUT2D eigenvalue weighted by Crippen LogP contribution is -2.26. The molecule has 2 aromatic rings. The molecule has 3 rings (SSSR count). The standard InChI is InChI=1S/C15H13N3O3/c19-14-9-21-13-6-11(3-4-12(13)18-14)15(20)17-8-10-2-1-5-16-7-10/h1-7H,8-9H2,(H,17,20)(H,18,19). The molecule has 0 bridgehead atoms. The summed E-state index contributed by atoms with van der Waals surface area (Å²) in [5.41, 5.74) is 1.98. The molecule has 0 radical (unpaired) electrons. The lowest BCUT2D eigenvalue weighted by molar-refractivity contribution is -0.118. The van der Waals surface area contributed by atoms with Gasteiger partial charge in [-0.25, -0.2) is 0 Å². The quantitative estimate of drug-likeness (QED) is 0.891. The third kappa shape index (κ3) is 3.00. The van der Waals surface area contributed by atoms with Crippen molar-refractivity contribution in [3.8, 4) is 5.75 Å². The normalized spacial score (nSPS) is 12.9. The zero-order valence-corrected chi connectivity index (χ0v) is 11.1. The molecule has 0 fully saturated rings. The van der Waals surface area contributed by atoms with Gasteiger partial charge in [-0.15, -0.1) is 0 Å². The highest BCUT2D eigenvalue weighted by molar-refractivity contribution is 5.98. The van der Waals surface area contributed by atoms with E-state index in [9.17, 15) is 9.59 Å². The summed E-state index contributed by atoms with van der Waals surface area (Å²) in [6.45, 7) is 0.370. The fraction of sp³-hybridized carbons (Fsp3) is 0.133. The molecule has 2 N–H and O–H groups in total. The molecule has 1 aliphatic heterocycles. The molecule has 106 valence electrons. The van der Waals surface area contributed by atoms with Gasteiger partial charge in [0.1, 0.15) is 5.75 Å². The van der Waals surface area contributed by atoms with Crippen LogP contribution in [-0.2, 0) is 11.3 Å². The zero-order valence-electron chi connectivity index (χ0n) is 11.1. The van der Waals surface area contributed by atoms with E-state index in [0.29, 0.717) is 23.5 Å². The molecule has 21 heavy (non-hydrogen) atoms. The van der Waals surface area contributed by atoms with E-state index < -0.39 is 0 Å². The Morgan fingerprint density at radius 2 is 2.29 bits per heavy atom. The van der Waals surface area contributed by atoms with Gasteiger partial charge in [-0.3, -0.25) is 14.6 Å². The smallest absolute Gasteiger partial charge is 0.262 e. The molecule has 0 atom stereocenters. The largest absolute Gasteiger partial charge is 0.482 e. The summed E-state index contributed by atoms with van der Waals surface area (Å²) >= 11 is 0. The number of fused-ring (bicyclic) bond motifs is 1. The van der Waals surface area contributed by atoms with Gasteiger partial charge in [0, 0.05) is 24.5 Å². The van der Waals surface area contributed by atoms with Gasteiger partial charge >= 0.3 is 0 Å². The van der Waals surface area contributed by atoms with Crippen LogP contribution in [0.1, 0.15) is 15.9 Å². The lowest BCUT2D eigenvalue weighted by atomic mass is 10.1. The van der Waals surface area contributed by atoms with Gasteiger partial charge in [-0.1, -0.05) is 6.07 Å². The fourth-order valence-electron chi connectivity index (χ4n) is 2.00. The Kier molecular flexibility index (Phi) is 3.51. The Balaban J connectivity index is 1.69. The van der Waals surface area contributed by atoms with E-state index >= 15 is 0 Å². The fourth-order valence-corrected chi connectivity index (χ4v) is 2.00. The number of rotatable bonds is 3. The summed E-state index contributed by atoms with van der Waals surface area (Å²) in [5.74, 6) is 0.0991. The van der Waals surface area contributed by atoms with E-state index in [-0.39, 0.29) is 18.4 Å². The summed E-state index contributed by atoms with van der Waals surface area (Å²) in [5, 5.41) is 5.49.